The molecule has 0 saturated carbocycles. The molecule has 3 rings (SSSR count). The van der Waals surface area contributed by atoms with E-state index in [1.807, 2.05) is 30.7 Å². The number of hydrogen-bond acceptors (Lipinski definition) is 6. The lowest BCUT2D eigenvalue weighted by Gasteiger charge is -2.20. The van der Waals surface area contributed by atoms with Gasteiger partial charge in [0, 0.05) is 13.2 Å². The lowest BCUT2D eigenvalue weighted by Crippen LogP contribution is -2.15. The lowest BCUT2D eigenvalue weighted by atomic mass is 9.87. The smallest absolute Gasteiger partial charge is 0.234 e. The maximum absolute atomic E-state index is 12.2. The average Bonchev–Trinajstić information content (AvgIpc) is 3.08. The minimum Gasteiger partial charge on any atom is -0.483 e. The highest BCUT2D eigenvalue weighted by Gasteiger charge is 2.19. The Labute approximate surface area is 191 Å². The van der Waals surface area contributed by atoms with E-state index in [1.165, 1.54) is 17.3 Å². The van der Waals surface area contributed by atoms with Gasteiger partial charge in [-0.25, -0.2) is 4.98 Å². The van der Waals surface area contributed by atoms with Crippen LogP contribution in [0.4, 0.5) is 5.69 Å². The van der Waals surface area contributed by atoms with Crippen molar-refractivity contribution >= 4 is 35.0 Å². The van der Waals surface area contributed by atoms with Gasteiger partial charge in [0.25, 0.3) is 0 Å². The van der Waals surface area contributed by atoms with Gasteiger partial charge in [0.2, 0.25) is 5.91 Å². The van der Waals surface area contributed by atoms with Gasteiger partial charge in [-0.3, -0.25) is 4.79 Å². The zero-order chi connectivity index (χ0) is 22.6. The van der Waals surface area contributed by atoms with Gasteiger partial charge in [0.05, 0.1) is 11.4 Å². The molecule has 9 heteroatoms. The zero-order valence-corrected chi connectivity index (χ0v) is 19.8. The topological polar surface area (TPSA) is 81.9 Å². The fraction of sp³-hybridized carbons (Fsp3) is 0.364. The van der Waals surface area contributed by atoms with Gasteiger partial charge >= 0.3 is 0 Å². The minimum absolute atomic E-state index is 0.0918. The molecule has 3 aromatic rings. The Morgan fingerprint density at radius 2 is 1.94 bits per heavy atom. The van der Waals surface area contributed by atoms with Crippen LogP contribution >= 0.6 is 23.4 Å². The van der Waals surface area contributed by atoms with Crippen molar-refractivity contribution in [2.75, 3.05) is 11.1 Å². The van der Waals surface area contributed by atoms with Crippen molar-refractivity contribution in [2.24, 2.45) is 7.05 Å². The van der Waals surface area contributed by atoms with Crippen LogP contribution in [-0.2, 0) is 17.3 Å². The number of carbonyl (C=O) groups excluding carboxylic acids is 1. The van der Waals surface area contributed by atoms with Crippen LogP contribution in [0.25, 0.3) is 0 Å². The molecule has 1 unspecified atom stereocenters. The first-order chi connectivity index (χ1) is 14.6. The molecule has 1 N–H and O–H groups in total. The summed E-state index contributed by atoms with van der Waals surface area (Å²) < 4.78 is 7.88. The third kappa shape index (κ3) is 5.98. The predicted molar refractivity (Wildman–Crippen MR) is 124 cm³/mol. The number of nitrogens with zero attached hydrogens (tertiary/aromatic N) is 4. The lowest BCUT2D eigenvalue weighted by molar-refractivity contribution is -0.113. The first-order valence-corrected chi connectivity index (χ1v) is 11.2. The van der Waals surface area contributed by atoms with E-state index in [0.29, 0.717) is 16.7 Å². The Bertz CT molecular complexity index is 1050. The Kier molecular flexibility index (Phi) is 7.23. The molecule has 0 spiro atoms. The van der Waals surface area contributed by atoms with Gasteiger partial charge in [-0.05, 0) is 42.2 Å². The van der Waals surface area contributed by atoms with Crippen LogP contribution in [0.1, 0.15) is 45.2 Å². The number of rotatable bonds is 7. The molecule has 0 aliphatic carbocycles. The Hall–Kier alpha value is -2.58. The summed E-state index contributed by atoms with van der Waals surface area (Å²) in [5.41, 5.74) is 1.82. The number of anilines is 1. The highest BCUT2D eigenvalue weighted by molar-refractivity contribution is 7.99. The molecular weight excluding hydrogens is 434 g/mol. The first-order valence-electron chi connectivity index (χ1n) is 9.85. The summed E-state index contributed by atoms with van der Waals surface area (Å²) in [5, 5.41) is 12.1. The fourth-order valence-electron chi connectivity index (χ4n) is 2.89. The van der Waals surface area contributed by atoms with E-state index in [2.05, 4.69) is 53.4 Å². The molecule has 0 aliphatic rings. The molecule has 1 amide bonds. The zero-order valence-electron chi connectivity index (χ0n) is 18.2. The maximum Gasteiger partial charge on any atom is 0.234 e. The molecule has 7 nitrogen and oxygen atoms in total. The minimum atomic E-state index is -0.296. The number of carbonyl (C=O) groups is 1. The molecule has 2 aromatic heterocycles. The number of nitrogens with one attached hydrogen (secondary N) is 1. The van der Waals surface area contributed by atoms with E-state index in [1.54, 1.807) is 18.3 Å². The van der Waals surface area contributed by atoms with Gasteiger partial charge in [-0.1, -0.05) is 56.3 Å². The summed E-state index contributed by atoms with van der Waals surface area (Å²) >= 11 is 7.26. The molecule has 1 aromatic carbocycles. The molecule has 31 heavy (non-hydrogen) atoms. The second kappa shape index (κ2) is 9.70. The number of pyridine rings is 1. The maximum atomic E-state index is 12.2. The molecule has 0 aliphatic heterocycles. The summed E-state index contributed by atoms with van der Waals surface area (Å²) in [6, 6.07) is 11.5. The van der Waals surface area contributed by atoms with E-state index in [0.717, 1.165) is 5.75 Å². The molecule has 1 atom stereocenters. The van der Waals surface area contributed by atoms with Crippen LogP contribution in [0.2, 0.25) is 5.15 Å². The van der Waals surface area contributed by atoms with Gasteiger partial charge in [-0.2, -0.15) is 0 Å². The Morgan fingerprint density at radius 3 is 2.58 bits per heavy atom. The summed E-state index contributed by atoms with van der Waals surface area (Å²) in [7, 11) is 1.86. The number of amides is 1. The standard InChI is InChI=1S/C22H26ClN5O2S/c1-14(30-16-10-8-15(9-11-16)22(2,3)4)20-26-27-21(28(20)5)31-13-18(29)25-17-7-6-12-24-19(17)23/h6-12,14H,13H2,1-5H3,(H,25,29). The normalized spacial score (nSPS) is 12.5. The SMILES string of the molecule is CC(Oc1ccc(C(C)(C)C)cc1)c1nnc(SCC(=O)Nc2cccnc2Cl)n1C. The predicted octanol–water partition coefficient (Wildman–Crippen LogP) is 5.03. The van der Waals surface area contributed by atoms with E-state index in [-0.39, 0.29) is 28.3 Å². The van der Waals surface area contributed by atoms with Crippen molar-refractivity contribution in [1.29, 1.82) is 0 Å². The monoisotopic (exact) mass is 459 g/mol. The third-order valence-electron chi connectivity index (χ3n) is 4.63. The number of hydrogen-bond donors (Lipinski definition) is 1. The summed E-state index contributed by atoms with van der Waals surface area (Å²) in [5.74, 6) is 1.41. The van der Waals surface area contributed by atoms with Crippen molar-refractivity contribution in [3.05, 3.63) is 59.1 Å². The molecule has 2 heterocycles. The first kappa shape index (κ1) is 23.1. The second-order valence-electron chi connectivity index (χ2n) is 8.11. The molecule has 0 fully saturated rings. The Morgan fingerprint density at radius 1 is 1.23 bits per heavy atom. The number of benzene rings is 1. The number of halogens is 1. The third-order valence-corrected chi connectivity index (χ3v) is 5.95. The van der Waals surface area contributed by atoms with Gasteiger partial charge in [0.15, 0.2) is 22.2 Å². The summed E-state index contributed by atoms with van der Waals surface area (Å²) in [4.78, 5) is 16.2. The van der Waals surface area contributed by atoms with Crippen molar-refractivity contribution in [1.82, 2.24) is 19.7 Å². The average molecular weight is 460 g/mol. The van der Waals surface area contributed by atoms with E-state index in [9.17, 15) is 4.79 Å². The molecular formula is C22H26ClN5O2S. The quantitative estimate of drug-likeness (QED) is 0.394. The van der Waals surface area contributed by atoms with E-state index in [4.69, 9.17) is 16.3 Å². The van der Waals surface area contributed by atoms with Crippen LogP contribution in [0.15, 0.2) is 47.8 Å². The van der Waals surface area contributed by atoms with Crippen molar-refractivity contribution in [3.8, 4) is 5.75 Å². The molecule has 164 valence electrons. The van der Waals surface area contributed by atoms with Crippen molar-refractivity contribution in [2.45, 2.75) is 44.4 Å². The van der Waals surface area contributed by atoms with Crippen LogP contribution in [0, 0.1) is 0 Å². The van der Waals surface area contributed by atoms with Gasteiger partial charge < -0.3 is 14.6 Å². The van der Waals surface area contributed by atoms with Crippen molar-refractivity contribution in [3.63, 3.8) is 0 Å². The highest BCUT2D eigenvalue weighted by Crippen LogP contribution is 2.27. The Balaban J connectivity index is 1.59. The van der Waals surface area contributed by atoms with E-state index >= 15 is 0 Å². The van der Waals surface area contributed by atoms with Crippen LogP contribution in [0.5, 0.6) is 5.75 Å². The van der Waals surface area contributed by atoms with Gasteiger partial charge in [0.1, 0.15) is 5.75 Å². The number of ether oxygens (including phenoxy) is 1. The fourth-order valence-corrected chi connectivity index (χ4v) is 3.78. The van der Waals surface area contributed by atoms with E-state index < -0.39 is 0 Å². The molecule has 0 saturated heterocycles. The van der Waals surface area contributed by atoms with Crippen molar-refractivity contribution < 1.29 is 9.53 Å². The number of aromatic nitrogens is 4. The van der Waals surface area contributed by atoms with Gasteiger partial charge in [-0.15, -0.1) is 10.2 Å². The largest absolute Gasteiger partial charge is 0.483 e. The van der Waals surface area contributed by atoms with Crippen LogP contribution < -0.4 is 10.1 Å². The second-order valence-corrected chi connectivity index (χ2v) is 9.41. The summed E-state index contributed by atoms with van der Waals surface area (Å²) in [6.07, 6.45) is 1.27. The highest BCUT2D eigenvalue weighted by atomic mass is 35.5. The molecule has 0 bridgehead atoms. The number of thioether (sulfide) groups is 1. The molecule has 0 radical (unpaired) electrons. The summed E-state index contributed by atoms with van der Waals surface area (Å²) in [6.45, 7) is 8.45. The van der Waals surface area contributed by atoms with Crippen LogP contribution in [0.3, 0.4) is 0 Å². The van der Waals surface area contributed by atoms with Crippen LogP contribution in [-0.4, -0.2) is 31.4 Å².